The smallest absolute Gasteiger partial charge is 0.270 e. The number of aromatic amines is 1. The third-order valence-corrected chi connectivity index (χ3v) is 4.59. The zero-order valence-electron chi connectivity index (χ0n) is 16.4. The van der Waals surface area contributed by atoms with Crippen molar-refractivity contribution in [1.82, 2.24) is 25.8 Å². The Labute approximate surface area is 171 Å². The molecule has 30 heavy (non-hydrogen) atoms. The number of nitrogens with one attached hydrogen (secondary N) is 1. The molecule has 2 aromatic carbocycles. The van der Waals surface area contributed by atoms with Gasteiger partial charge in [-0.05, 0) is 24.3 Å². The molecule has 9 nitrogen and oxygen atoms in total. The maximum Gasteiger partial charge on any atom is 0.270 e. The SMILES string of the molecule is CCC(=O)N(C(=O)c1c(-c2ccccc2)noc1C)c1cccc(-c2nn[nH]n2)c1. The number of rotatable bonds is 5. The number of hydrogen-bond acceptors (Lipinski definition) is 7. The quantitative estimate of drug-likeness (QED) is 0.543. The molecule has 150 valence electrons. The highest BCUT2D eigenvalue weighted by Crippen LogP contribution is 2.30. The van der Waals surface area contributed by atoms with Gasteiger partial charge in [0.15, 0.2) is 0 Å². The first kappa shape index (κ1) is 19.2. The molecule has 0 unspecified atom stereocenters. The summed E-state index contributed by atoms with van der Waals surface area (Å²) >= 11 is 0. The second-order valence-corrected chi connectivity index (χ2v) is 6.50. The molecule has 4 rings (SSSR count). The highest BCUT2D eigenvalue weighted by Gasteiger charge is 2.30. The lowest BCUT2D eigenvalue weighted by Gasteiger charge is -2.21. The van der Waals surface area contributed by atoms with E-state index in [9.17, 15) is 9.59 Å². The van der Waals surface area contributed by atoms with E-state index < -0.39 is 5.91 Å². The molecule has 0 saturated carbocycles. The first-order valence-corrected chi connectivity index (χ1v) is 9.33. The molecule has 0 aliphatic rings. The van der Waals surface area contributed by atoms with Crippen molar-refractivity contribution in [1.29, 1.82) is 0 Å². The molecule has 1 N–H and O–H groups in total. The van der Waals surface area contributed by atoms with Gasteiger partial charge in [-0.2, -0.15) is 5.21 Å². The Kier molecular flexibility index (Phi) is 5.17. The van der Waals surface area contributed by atoms with E-state index in [0.717, 1.165) is 10.5 Å². The maximum absolute atomic E-state index is 13.6. The topological polar surface area (TPSA) is 118 Å². The van der Waals surface area contributed by atoms with Crippen molar-refractivity contribution < 1.29 is 14.1 Å². The van der Waals surface area contributed by atoms with Crippen molar-refractivity contribution in [2.45, 2.75) is 20.3 Å². The zero-order valence-corrected chi connectivity index (χ0v) is 16.4. The number of aryl methyl sites for hydroxylation is 1. The molecular formula is C21H18N6O3. The van der Waals surface area contributed by atoms with Crippen LogP contribution in [-0.4, -0.2) is 37.6 Å². The summed E-state index contributed by atoms with van der Waals surface area (Å²) in [7, 11) is 0. The van der Waals surface area contributed by atoms with Crippen molar-refractivity contribution in [3.63, 3.8) is 0 Å². The summed E-state index contributed by atoms with van der Waals surface area (Å²) in [4.78, 5) is 27.5. The predicted octanol–water partition coefficient (Wildman–Crippen LogP) is 3.41. The van der Waals surface area contributed by atoms with Gasteiger partial charge in [0.05, 0.1) is 5.69 Å². The molecular weight excluding hydrogens is 384 g/mol. The second-order valence-electron chi connectivity index (χ2n) is 6.50. The fraction of sp³-hybridized carbons (Fsp3) is 0.143. The number of hydrogen-bond donors (Lipinski definition) is 1. The highest BCUT2D eigenvalue weighted by molar-refractivity contribution is 6.23. The number of carbonyl (C=O) groups is 2. The second kappa shape index (κ2) is 8.08. The van der Waals surface area contributed by atoms with Gasteiger partial charge in [-0.1, -0.05) is 54.5 Å². The van der Waals surface area contributed by atoms with Gasteiger partial charge in [0, 0.05) is 17.5 Å². The van der Waals surface area contributed by atoms with Crippen molar-refractivity contribution in [2.75, 3.05) is 4.90 Å². The number of carbonyl (C=O) groups excluding carboxylic acids is 2. The molecule has 4 aromatic rings. The monoisotopic (exact) mass is 402 g/mol. The molecule has 0 atom stereocenters. The van der Waals surface area contributed by atoms with Crippen molar-refractivity contribution in [3.05, 3.63) is 65.9 Å². The van der Waals surface area contributed by atoms with E-state index in [1.165, 1.54) is 0 Å². The third-order valence-electron chi connectivity index (χ3n) is 4.59. The molecule has 2 aromatic heterocycles. The first-order valence-electron chi connectivity index (χ1n) is 9.33. The molecule has 2 amide bonds. The molecule has 9 heteroatoms. The Morgan fingerprint density at radius 2 is 1.83 bits per heavy atom. The third kappa shape index (κ3) is 3.48. The number of amides is 2. The van der Waals surface area contributed by atoms with Gasteiger partial charge in [-0.3, -0.25) is 9.59 Å². The van der Waals surface area contributed by atoms with Crippen molar-refractivity contribution >= 4 is 17.5 Å². The summed E-state index contributed by atoms with van der Waals surface area (Å²) in [5.74, 6) is -0.170. The van der Waals surface area contributed by atoms with E-state index in [1.807, 2.05) is 30.3 Å². The molecule has 0 spiro atoms. The number of benzene rings is 2. The minimum absolute atomic E-state index is 0.142. The number of tetrazole rings is 1. The average molecular weight is 402 g/mol. The van der Waals surface area contributed by atoms with E-state index in [1.54, 1.807) is 38.1 Å². The van der Waals surface area contributed by atoms with Crippen LogP contribution in [0.5, 0.6) is 0 Å². The zero-order chi connectivity index (χ0) is 21.1. The number of imide groups is 1. The lowest BCUT2D eigenvalue weighted by atomic mass is 10.0. The Morgan fingerprint density at radius 1 is 1.07 bits per heavy atom. The van der Waals surface area contributed by atoms with E-state index >= 15 is 0 Å². The van der Waals surface area contributed by atoms with Gasteiger partial charge in [-0.15, -0.1) is 10.2 Å². The summed E-state index contributed by atoms with van der Waals surface area (Å²) in [6.45, 7) is 3.35. The van der Waals surface area contributed by atoms with E-state index in [2.05, 4.69) is 25.8 Å². The maximum atomic E-state index is 13.6. The molecule has 2 heterocycles. The predicted molar refractivity (Wildman–Crippen MR) is 108 cm³/mol. The van der Waals surface area contributed by atoms with Crippen LogP contribution in [0.15, 0.2) is 59.1 Å². The fourth-order valence-electron chi connectivity index (χ4n) is 3.13. The number of aromatic nitrogens is 5. The summed E-state index contributed by atoms with van der Waals surface area (Å²) in [6, 6.07) is 16.1. The Morgan fingerprint density at radius 3 is 2.53 bits per heavy atom. The molecule has 0 aliphatic heterocycles. The van der Waals surface area contributed by atoms with Crippen LogP contribution in [0.25, 0.3) is 22.6 Å². The molecule has 0 fully saturated rings. The van der Waals surface area contributed by atoms with Gasteiger partial charge in [0.25, 0.3) is 5.91 Å². The van der Waals surface area contributed by atoms with Gasteiger partial charge in [-0.25, -0.2) is 4.90 Å². The number of nitrogens with zero attached hydrogens (tertiary/aromatic N) is 5. The average Bonchev–Trinajstić information content (AvgIpc) is 3.44. The molecule has 0 radical (unpaired) electrons. The Hall–Kier alpha value is -4.14. The first-order chi connectivity index (χ1) is 14.6. The van der Waals surface area contributed by atoms with Crippen LogP contribution < -0.4 is 4.90 Å². The summed E-state index contributed by atoms with van der Waals surface area (Å²) < 4.78 is 5.31. The van der Waals surface area contributed by atoms with Crippen LogP contribution in [0.2, 0.25) is 0 Å². The van der Waals surface area contributed by atoms with Gasteiger partial charge in [0.2, 0.25) is 11.7 Å². The van der Waals surface area contributed by atoms with Gasteiger partial charge >= 0.3 is 0 Å². The van der Waals surface area contributed by atoms with Crippen LogP contribution in [0, 0.1) is 6.92 Å². The minimum Gasteiger partial charge on any atom is -0.360 e. The highest BCUT2D eigenvalue weighted by atomic mass is 16.5. The standard InChI is InChI=1S/C21H18N6O3/c1-3-17(28)27(16-11-7-10-15(12-16)20-22-25-26-23-20)21(29)18-13(2)30-24-19(18)14-8-5-4-6-9-14/h4-12H,3H2,1-2H3,(H,22,23,25,26). The Bertz CT molecular complexity index is 1180. The fourth-order valence-corrected chi connectivity index (χ4v) is 3.13. The largest absolute Gasteiger partial charge is 0.360 e. The number of anilines is 1. The van der Waals surface area contributed by atoms with Crippen molar-refractivity contribution in [2.24, 2.45) is 0 Å². The van der Waals surface area contributed by atoms with Crippen LogP contribution >= 0.6 is 0 Å². The van der Waals surface area contributed by atoms with Crippen LogP contribution in [0.4, 0.5) is 5.69 Å². The lowest BCUT2D eigenvalue weighted by Crippen LogP contribution is -2.37. The van der Waals surface area contributed by atoms with E-state index in [0.29, 0.717) is 28.5 Å². The lowest BCUT2D eigenvalue weighted by molar-refractivity contribution is -0.117. The van der Waals surface area contributed by atoms with Crippen LogP contribution in [0.3, 0.4) is 0 Å². The Balaban J connectivity index is 1.80. The molecule has 0 aliphatic carbocycles. The summed E-state index contributed by atoms with van der Waals surface area (Å²) in [6.07, 6.45) is 0.142. The van der Waals surface area contributed by atoms with Gasteiger partial charge < -0.3 is 4.52 Å². The summed E-state index contributed by atoms with van der Waals surface area (Å²) in [5, 5.41) is 17.9. The van der Waals surface area contributed by atoms with Crippen molar-refractivity contribution in [3.8, 4) is 22.6 Å². The van der Waals surface area contributed by atoms with E-state index in [-0.39, 0.29) is 17.9 Å². The minimum atomic E-state index is -0.510. The van der Waals surface area contributed by atoms with Crippen LogP contribution in [-0.2, 0) is 4.79 Å². The normalized spacial score (nSPS) is 10.7. The summed E-state index contributed by atoms with van der Waals surface area (Å²) in [5.41, 5.74) is 2.37. The molecule has 0 bridgehead atoms. The van der Waals surface area contributed by atoms with Crippen LogP contribution in [0.1, 0.15) is 29.5 Å². The molecule has 0 saturated heterocycles. The van der Waals surface area contributed by atoms with Gasteiger partial charge in [0.1, 0.15) is 17.0 Å². The number of H-pyrrole nitrogens is 1. The van der Waals surface area contributed by atoms with E-state index in [4.69, 9.17) is 4.52 Å².